The summed E-state index contributed by atoms with van der Waals surface area (Å²) >= 11 is 0. The van der Waals surface area contributed by atoms with Gasteiger partial charge < -0.3 is 10.4 Å². The molecule has 5 heteroatoms. The number of nitrogens with one attached hydrogen (secondary N) is 2. The van der Waals surface area contributed by atoms with E-state index >= 15 is 0 Å². The lowest BCUT2D eigenvalue weighted by atomic mass is 10.1. The van der Waals surface area contributed by atoms with E-state index in [1.807, 2.05) is 36.4 Å². The molecule has 0 radical (unpaired) electrons. The second-order valence-corrected chi connectivity index (χ2v) is 5.45. The predicted octanol–water partition coefficient (Wildman–Crippen LogP) is 2.60. The van der Waals surface area contributed by atoms with Crippen LogP contribution in [-0.4, -0.2) is 14.6 Å². The molecule has 5 nitrogen and oxygen atoms in total. The zero-order chi connectivity index (χ0) is 14.7. The molecule has 0 fully saturated rings. The molecule has 0 aliphatic carbocycles. The first-order valence-corrected chi connectivity index (χ1v) is 7.18. The molecule has 0 unspecified atom stereocenters. The van der Waals surface area contributed by atoms with Gasteiger partial charge in [-0.1, -0.05) is 30.3 Å². The van der Waals surface area contributed by atoms with Crippen molar-refractivity contribution in [3.63, 3.8) is 0 Å². The van der Waals surface area contributed by atoms with Gasteiger partial charge in [-0.15, -0.1) is 0 Å². The molecule has 0 bridgehead atoms. The van der Waals surface area contributed by atoms with Crippen molar-refractivity contribution in [2.75, 3.05) is 5.43 Å². The van der Waals surface area contributed by atoms with Crippen LogP contribution in [0.1, 0.15) is 5.56 Å². The van der Waals surface area contributed by atoms with Gasteiger partial charge in [0.1, 0.15) is 0 Å². The first-order valence-electron chi connectivity index (χ1n) is 7.18. The fourth-order valence-corrected chi connectivity index (χ4v) is 3.18. The fourth-order valence-electron chi connectivity index (χ4n) is 3.18. The molecule has 2 aromatic carbocycles. The average molecular weight is 288 g/mol. The maximum Gasteiger partial charge on any atom is 0.280 e. The smallest absolute Gasteiger partial charge is 0.280 e. The van der Waals surface area contributed by atoms with E-state index in [1.54, 1.807) is 10.7 Å². The van der Waals surface area contributed by atoms with Crippen LogP contribution in [0.15, 0.2) is 53.3 Å². The van der Waals surface area contributed by atoms with E-state index in [0.29, 0.717) is 23.3 Å². The van der Waals surface area contributed by atoms with Crippen molar-refractivity contribution in [2.24, 2.45) is 0 Å². The second-order valence-electron chi connectivity index (χ2n) is 5.45. The minimum absolute atomic E-state index is 0.0649. The lowest BCUT2D eigenvalue weighted by molar-refractivity contribution is 0.777. The molecule has 22 heavy (non-hydrogen) atoms. The first kappa shape index (κ1) is 11.6. The average Bonchev–Trinajstić information content (AvgIpc) is 2.94. The molecule has 0 saturated carbocycles. The van der Waals surface area contributed by atoms with Gasteiger partial charge >= 0.3 is 0 Å². The number of hydrogen-bond acceptors (Lipinski definition) is 3. The molecule has 0 spiro atoms. The Hall–Kier alpha value is -3.08. The summed E-state index contributed by atoms with van der Waals surface area (Å²) in [7, 11) is 0. The summed E-state index contributed by atoms with van der Waals surface area (Å²) in [5.74, 6) is 0.640. The number of para-hydroxylation sites is 2. The maximum absolute atomic E-state index is 12.6. The minimum Gasteiger partial charge on any atom is -0.352 e. The van der Waals surface area contributed by atoms with Crippen LogP contribution in [-0.2, 0) is 6.54 Å². The van der Waals surface area contributed by atoms with Crippen LogP contribution in [0.4, 0.5) is 0 Å². The predicted molar refractivity (Wildman–Crippen MR) is 86.4 cm³/mol. The Morgan fingerprint density at radius 3 is 2.68 bits per heavy atom. The normalized spacial score (nSPS) is 12.9. The van der Waals surface area contributed by atoms with Gasteiger partial charge in [0, 0.05) is 16.5 Å². The molecule has 5 rings (SSSR count). The summed E-state index contributed by atoms with van der Waals surface area (Å²) in [4.78, 5) is 20.7. The Balaban J connectivity index is 1.93. The van der Waals surface area contributed by atoms with Crippen molar-refractivity contribution in [1.82, 2.24) is 14.6 Å². The summed E-state index contributed by atoms with van der Waals surface area (Å²) < 4.78 is 1.54. The highest BCUT2D eigenvalue weighted by molar-refractivity contribution is 5.91. The standard InChI is InChI=1S/C17H12N4O/c22-17-11-6-2-4-8-14(11)20-16-15-12(9-18-21(16)17)10-5-1-3-7-13(10)19-15/h1-8,18-19H,9H2. The molecule has 0 amide bonds. The summed E-state index contributed by atoms with van der Waals surface area (Å²) in [5.41, 5.74) is 6.96. The van der Waals surface area contributed by atoms with Crippen LogP contribution >= 0.6 is 0 Å². The van der Waals surface area contributed by atoms with Gasteiger partial charge in [0.25, 0.3) is 5.56 Å². The van der Waals surface area contributed by atoms with E-state index in [4.69, 9.17) is 0 Å². The number of aromatic nitrogens is 3. The van der Waals surface area contributed by atoms with Crippen molar-refractivity contribution in [3.05, 3.63) is 64.4 Å². The topological polar surface area (TPSA) is 62.7 Å². The summed E-state index contributed by atoms with van der Waals surface area (Å²) in [6, 6.07) is 15.6. The van der Waals surface area contributed by atoms with Gasteiger partial charge in [-0.05, 0) is 18.2 Å². The molecule has 0 atom stereocenters. The van der Waals surface area contributed by atoms with Crippen LogP contribution < -0.4 is 11.0 Å². The van der Waals surface area contributed by atoms with Crippen LogP contribution in [0.5, 0.6) is 0 Å². The second kappa shape index (κ2) is 3.98. The quantitative estimate of drug-likeness (QED) is 0.523. The Morgan fingerprint density at radius 2 is 1.77 bits per heavy atom. The minimum atomic E-state index is -0.0649. The number of nitrogens with zero attached hydrogens (tertiary/aromatic N) is 2. The lowest BCUT2D eigenvalue weighted by Crippen LogP contribution is -2.34. The zero-order valence-corrected chi connectivity index (χ0v) is 11.6. The molecule has 1 aliphatic rings. The van der Waals surface area contributed by atoms with Crippen molar-refractivity contribution in [2.45, 2.75) is 6.54 Å². The Bertz CT molecular complexity index is 1110. The van der Waals surface area contributed by atoms with E-state index < -0.39 is 0 Å². The molecule has 0 saturated heterocycles. The van der Waals surface area contributed by atoms with Gasteiger partial charge in [0.15, 0.2) is 5.82 Å². The third-order valence-electron chi connectivity index (χ3n) is 4.23. The van der Waals surface area contributed by atoms with Gasteiger partial charge in [-0.25, -0.2) is 9.66 Å². The SMILES string of the molecule is O=c1c2ccccc2nc2n1NCc1c-2[nH]c2ccccc12. The highest BCUT2D eigenvalue weighted by atomic mass is 16.1. The lowest BCUT2D eigenvalue weighted by Gasteiger charge is -2.20. The number of aromatic amines is 1. The molecule has 1 aliphatic heterocycles. The number of benzene rings is 2. The Labute approximate surface area is 125 Å². The fraction of sp³-hybridized carbons (Fsp3) is 0.0588. The van der Waals surface area contributed by atoms with Crippen molar-refractivity contribution in [3.8, 4) is 11.5 Å². The maximum atomic E-state index is 12.6. The summed E-state index contributed by atoms with van der Waals surface area (Å²) in [6.45, 7) is 0.603. The van der Waals surface area contributed by atoms with Crippen molar-refractivity contribution < 1.29 is 0 Å². The Morgan fingerprint density at radius 1 is 1.00 bits per heavy atom. The highest BCUT2D eigenvalue weighted by Gasteiger charge is 2.23. The third kappa shape index (κ3) is 1.37. The monoisotopic (exact) mass is 288 g/mol. The molecule has 2 N–H and O–H groups in total. The van der Waals surface area contributed by atoms with Gasteiger partial charge in [0.2, 0.25) is 0 Å². The summed E-state index contributed by atoms with van der Waals surface area (Å²) in [5, 5.41) is 1.79. The molecule has 3 heterocycles. The van der Waals surface area contributed by atoms with E-state index in [2.05, 4.69) is 21.5 Å². The van der Waals surface area contributed by atoms with Gasteiger partial charge in [0.05, 0.1) is 23.1 Å². The van der Waals surface area contributed by atoms with E-state index in [1.165, 1.54) is 5.39 Å². The molecular formula is C17H12N4O. The van der Waals surface area contributed by atoms with E-state index in [9.17, 15) is 4.79 Å². The van der Waals surface area contributed by atoms with Gasteiger partial charge in [-0.2, -0.15) is 0 Å². The van der Waals surface area contributed by atoms with Crippen molar-refractivity contribution >= 4 is 21.8 Å². The summed E-state index contributed by atoms with van der Waals surface area (Å²) in [6.07, 6.45) is 0. The van der Waals surface area contributed by atoms with Gasteiger partial charge in [-0.3, -0.25) is 4.79 Å². The number of H-pyrrole nitrogens is 1. The van der Waals surface area contributed by atoms with Crippen LogP contribution in [0.3, 0.4) is 0 Å². The number of rotatable bonds is 0. The number of fused-ring (bicyclic) bond motifs is 6. The van der Waals surface area contributed by atoms with E-state index in [-0.39, 0.29) is 5.56 Å². The third-order valence-corrected chi connectivity index (χ3v) is 4.23. The first-order chi connectivity index (χ1) is 10.8. The van der Waals surface area contributed by atoms with E-state index in [0.717, 1.165) is 16.8 Å². The van der Waals surface area contributed by atoms with Crippen molar-refractivity contribution in [1.29, 1.82) is 0 Å². The number of hydrogen-bond donors (Lipinski definition) is 2. The zero-order valence-electron chi connectivity index (χ0n) is 11.6. The highest BCUT2D eigenvalue weighted by Crippen LogP contribution is 2.31. The molecule has 2 aromatic heterocycles. The molecular weight excluding hydrogens is 276 g/mol. The van der Waals surface area contributed by atoms with Crippen LogP contribution in [0, 0.1) is 0 Å². The largest absolute Gasteiger partial charge is 0.352 e. The molecule has 106 valence electrons. The van der Waals surface area contributed by atoms with Crippen LogP contribution in [0.25, 0.3) is 33.3 Å². The molecule has 4 aromatic rings. The Kier molecular flexibility index (Phi) is 2.09. The van der Waals surface area contributed by atoms with Crippen LogP contribution in [0.2, 0.25) is 0 Å².